The Morgan fingerprint density at radius 1 is 0.800 bits per heavy atom. The Balaban J connectivity index is -0.0000000600. The Kier molecular flexibility index (Phi) is 28.7. The van der Waals surface area contributed by atoms with Crippen molar-refractivity contribution >= 4 is 0 Å². The normalized spacial score (nSPS) is 7.80. The molecule has 0 aliphatic heterocycles. The van der Waals surface area contributed by atoms with E-state index in [1.54, 1.807) is 0 Å². The molecule has 0 spiro atoms. The van der Waals surface area contributed by atoms with Crippen LogP contribution in [0.4, 0.5) is 0 Å². The van der Waals surface area contributed by atoms with Crippen molar-refractivity contribution in [3.63, 3.8) is 0 Å². The van der Waals surface area contributed by atoms with E-state index in [4.69, 9.17) is 0 Å². The summed E-state index contributed by atoms with van der Waals surface area (Å²) in [7, 11) is 0. The van der Waals surface area contributed by atoms with Crippen molar-refractivity contribution in [3.05, 3.63) is 11.5 Å². The maximum Gasteiger partial charge on any atom is 1.00 e. The second-order valence-electron chi connectivity index (χ2n) is 2.34. The average molecular weight is 130 g/mol. The molecule has 0 heterocycles. The van der Waals surface area contributed by atoms with Gasteiger partial charge in [0.15, 0.2) is 0 Å². The largest absolute Gasteiger partial charge is 1.00 e. The van der Waals surface area contributed by atoms with Crippen LogP contribution in [0.15, 0.2) is 0 Å². The predicted octanol–water partition coefficient (Wildman–Crippen LogP) is -3.10. The quantitative estimate of drug-likeness (QED) is 0.355. The van der Waals surface area contributed by atoms with Gasteiger partial charge in [-0.15, -0.1) is 12.1 Å². The van der Waals surface area contributed by atoms with E-state index in [-0.39, 0.29) is 43.9 Å². The summed E-state index contributed by atoms with van der Waals surface area (Å²) in [5.74, 6) is 0. The van der Waals surface area contributed by atoms with E-state index in [1.807, 2.05) is 0 Å². The number of hydrogen-bond acceptors (Lipinski definition) is 0. The fraction of sp³-hybridized carbons (Fsp3) is 1.00. The Labute approximate surface area is 88.8 Å². The van der Waals surface area contributed by atoms with Gasteiger partial charge >= 0.3 is 37.7 Å². The second-order valence-corrected chi connectivity index (χ2v) is 2.34. The molecule has 52 valence electrons. The maximum absolute atomic E-state index is 4.28. The fourth-order valence-electron chi connectivity index (χ4n) is 0.596. The standard InChI is InChI=1S/C6H14N.2Li.H2N/c1-5(2)7-6(3)4;;;/h5-6H,1-4H3;;;1H2/q-1;2*+1;-1. The summed E-state index contributed by atoms with van der Waals surface area (Å²) in [5.41, 5.74) is 0. The van der Waals surface area contributed by atoms with Crippen LogP contribution in [0.5, 0.6) is 0 Å². The molecule has 0 saturated heterocycles. The van der Waals surface area contributed by atoms with Crippen LogP contribution in [-0.4, -0.2) is 12.1 Å². The molecule has 0 atom stereocenters. The minimum atomic E-state index is 0. The van der Waals surface area contributed by atoms with Gasteiger partial charge in [0.1, 0.15) is 0 Å². The summed E-state index contributed by atoms with van der Waals surface area (Å²) >= 11 is 0. The topological polar surface area (TPSA) is 47.6 Å². The van der Waals surface area contributed by atoms with E-state index in [9.17, 15) is 0 Å². The van der Waals surface area contributed by atoms with Gasteiger partial charge in [0.25, 0.3) is 0 Å². The SMILES string of the molecule is CC(C)[N-]C(C)C.[Li+].[Li+].[NH2-]. The molecular weight excluding hydrogens is 114 g/mol. The van der Waals surface area contributed by atoms with E-state index < -0.39 is 0 Å². The van der Waals surface area contributed by atoms with Crippen molar-refractivity contribution in [2.75, 3.05) is 0 Å². The minimum Gasteiger partial charge on any atom is -0.693 e. The van der Waals surface area contributed by atoms with Crippen molar-refractivity contribution in [1.29, 1.82) is 0 Å². The monoisotopic (exact) mass is 130 g/mol. The molecule has 0 bridgehead atoms. The molecule has 0 aliphatic carbocycles. The van der Waals surface area contributed by atoms with Crippen LogP contribution in [0.1, 0.15) is 27.7 Å². The van der Waals surface area contributed by atoms with Gasteiger partial charge in [-0.2, -0.15) is 0 Å². The predicted molar refractivity (Wildman–Crippen MR) is 38.9 cm³/mol. The maximum atomic E-state index is 4.28. The number of nitrogens with two attached hydrogens (primary N) is 1. The van der Waals surface area contributed by atoms with Gasteiger partial charge in [0.2, 0.25) is 0 Å². The molecule has 0 unspecified atom stereocenters. The minimum absolute atomic E-state index is 0. The molecule has 4 heteroatoms. The third-order valence-electron chi connectivity index (χ3n) is 0.596. The fourth-order valence-corrected chi connectivity index (χ4v) is 0.596. The van der Waals surface area contributed by atoms with E-state index in [1.165, 1.54) is 0 Å². The second kappa shape index (κ2) is 12.8. The van der Waals surface area contributed by atoms with Crippen LogP contribution in [-0.2, 0) is 0 Å². The van der Waals surface area contributed by atoms with Gasteiger partial charge in [0.05, 0.1) is 0 Å². The molecule has 0 rings (SSSR count). The summed E-state index contributed by atoms with van der Waals surface area (Å²) in [5, 5.41) is 4.28. The molecule has 0 amide bonds. The van der Waals surface area contributed by atoms with Crippen molar-refractivity contribution in [2.45, 2.75) is 39.8 Å². The third kappa shape index (κ3) is 22.9. The number of rotatable bonds is 2. The Hall–Kier alpha value is 1.11. The smallest absolute Gasteiger partial charge is 0.693 e. The van der Waals surface area contributed by atoms with Gasteiger partial charge < -0.3 is 11.5 Å². The molecule has 0 aromatic heterocycles. The van der Waals surface area contributed by atoms with Crippen LogP contribution >= 0.6 is 0 Å². The van der Waals surface area contributed by atoms with Gasteiger partial charge in [-0.25, -0.2) is 0 Å². The summed E-state index contributed by atoms with van der Waals surface area (Å²) in [6, 6.07) is 1.000. The number of nitrogens with zero attached hydrogens (tertiary/aromatic N) is 1. The average Bonchev–Trinajstić information content (AvgIpc) is 1.27. The van der Waals surface area contributed by atoms with Crippen LogP contribution in [0.2, 0.25) is 0 Å². The summed E-state index contributed by atoms with van der Waals surface area (Å²) in [6.07, 6.45) is 0. The van der Waals surface area contributed by atoms with E-state index in [0.717, 1.165) is 0 Å². The summed E-state index contributed by atoms with van der Waals surface area (Å²) < 4.78 is 0. The molecule has 2 nitrogen and oxygen atoms in total. The first kappa shape index (κ1) is 22.5. The molecule has 0 aromatic rings. The van der Waals surface area contributed by atoms with Crippen LogP contribution in [0, 0.1) is 0 Å². The van der Waals surface area contributed by atoms with Gasteiger partial charge in [-0.05, 0) is 0 Å². The zero-order valence-electron chi connectivity index (χ0n) is 8.18. The molecule has 10 heavy (non-hydrogen) atoms. The third-order valence-corrected chi connectivity index (χ3v) is 0.596. The Morgan fingerprint density at radius 3 is 1.00 bits per heavy atom. The molecule has 0 aliphatic rings. The van der Waals surface area contributed by atoms with Crippen molar-refractivity contribution in [1.82, 2.24) is 0 Å². The van der Waals surface area contributed by atoms with Crippen molar-refractivity contribution in [3.8, 4) is 0 Å². The first-order chi connectivity index (χ1) is 3.13. The zero-order chi connectivity index (χ0) is 5.86. The summed E-state index contributed by atoms with van der Waals surface area (Å²) in [6.45, 7) is 8.39. The van der Waals surface area contributed by atoms with Gasteiger partial charge in [0, 0.05) is 0 Å². The van der Waals surface area contributed by atoms with E-state index >= 15 is 0 Å². The number of hydrogen-bond donors (Lipinski definition) is 0. The molecule has 2 N–H and O–H groups in total. The van der Waals surface area contributed by atoms with Crippen molar-refractivity contribution < 1.29 is 37.7 Å². The first-order valence-electron chi connectivity index (χ1n) is 2.83. The summed E-state index contributed by atoms with van der Waals surface area (Å²) in [4.78, 5) is 0. The molecule has 0 fully saturated rings. The van der Waals surface area contributed by atoms with E-state index in [2.05, 4.69) is 33.0 Å². The van der Waals surface area contributed by atoms with Crippen LogP contribution in [0.3, 0.4) is 0 Å². The van der Waals surface area contributed by atoms with Crippen LogP contribution in [0.25, 0.3) is 11.5 Å². The zero-order valence-corrected chi connectivity index (χ0v) is 8.18. The molecular formula is C6H16Li2N2. The first-order valence-corrected chi connectivity index (χ1v) is 2.83. The van der Waals surface area contributed by atoms with Gasteiger partial charge in [-0.1, -0.05) is 27.7 Å². The Morgan fingerprint density at radius 2 is 1.00 bits per heavy atom. The Bertz CT molecular complexity index is 43.0. The molecule has 0 aromatic carbocycles. The van der Waals surface area contributed by atoms with E-state index in [0.29, 0.717) is 12.1 Å². The van der Waals surface area contributed by atoms with Crippen molar-refractivity contribution in [2.24, 2.45) is 0 Å². The van der Waals surface area contributed by atoms with Crippen LogP contribution < -0.4 is 37.7 Å². The molecule has 0 saturated carbocycles. The van der Waals surface area contributed by atoms with Gasteiger partial charge in [-0.3, -0.25) is 0 Å². The molecule has 0 radical (unpaired) electrons.